The van der Waals surface area contributed by atoms with Gasteiger partial charge in [-0.3, -0.25) is 0 Å². The van der Waals surface area contributed by atoms with Crippen LogP contribution >= 0.6 is 0 Å². The van der Waals surface area contributed by atoms with Crippen molar-refractivity contribution in [3.63, 3.8) is 0 Å². The first-order valence-corrected chi connectivity index (χ1v) is 6.66. The van der Waals surface area contributed by atoms with E-state index in [9.17, 15) is 9.59 Å². The first kappa shape index (κ1) is 18.8. The van der Waals surface area contributed by atoms with Gasteiger partial charge in [-0.25, -0.2) is 9.59 Å². The van der Waals surface area contributed by atoms with Crippen molar-refractivity contribution in [2.75, 3.05) is 0 Å². The zero-order valence-corrected chi connectivity index (χ0v) is 13.1. The molecule has 1 rings (SSSR count). The van der Waals surface area contributed by atoms with Gasteiger partial charge in [0, 0.05) is 0 Å². The summed E-state index contributed by atoms with van der Waals surface area (Å²) in [6.45, 7) is 8.75. The first-order valence-electron chi connectivity index (χ1n) is 6.66. The van der Waals surface area contributed by atoms with E-state index in [2.05, 4.69) is 38.8 Å². The quantitative estimate of drug-likeness (QED) is 0.751. The Morgan fingerprint density at radius 3 is 1.48 bits per heavy atom. The van der Waals surface area contributed by atoms with Crippen molar-refractivity contribution in [3.8, 4) is 0 Å². The maximum atomic E-state index is 10.8. The van der Waals surface area contributed by atoms with Crippen LogP contribution in [0.5, 0.6) is 0 Å². The number of azo groups is 1. The van der Waals surface area contributed by atoms with Crippen LogP contribution < -0.4 is 0 Å². The summed E-state index contributed by atoms with van der Waals surface area (Å²) in [5.74, 6) is 0. The van der Waals surface area contributed by atoms with E-state index >= 15 is 0 Å². The Labute approximate surface area is 125 Å². The molecule has 0 fully saturated rings. The Bertz CT molecular complexity index is 432. The molecule has 0 aliphatic heterocycles. The molecule has 21 heavy (non-hydrogen) atoms. The highest BCUT2D eigenvalue weighted by Crippen LogP contribution is 1.96. The number of carbonyl (C=O) groups is 2. The molecule has 0 heterocycles. The van der Waals surface area contributed by atoms with E-state index in [0.29, 0.717) is 0 Å². The number of carbonyl (C=O) groups excluding carboxylic acids is 2. The molecule has 0 saturated carbocycles. The van der Waals surface area contributed by atoms with Gasteiger partial charge in [-0.15, -0.1) is 0 Å². The second-order valence-corrected chi connectivity index (χ2v) is 4.72. The monoisotopic (exact) mass is 294 g/mol. The molecule has 0 spiro atoms. The van der Waals surface area contributed by atoms with Gasteiger partial charge < -0.3 is 9.47 Å². The standard InChI is InChI=1S/C8H14N2O4.C7H8/c1-5(2)13-7(11)9-10-8(12)14-6(3)4;1-7-5-3-2-4-6-7/h5-6H,1-4H3;2-6H,1H3/b10-9+;. The van der Waals surface area contributed by atoms with Crippen molar-refractivity contribution in [2.45, 2.75) is 46.8 Å². The minimum Gasteiger partial charge on any atom is -0.444 e. The fourth-order valence-corrected chi connectivity index (χ4v) is 1.07. The van der Waals surface area contributed by atoms with Crippen LogP contribution in [-0.2, 0) is 9.47 Å². The molecule has 1 aromatic rings. The predicted octanol–water partition coefficient (Wildman–Crippen LogP) is 4.52. The lowest BCUT2D eigenvalue weighted by molar-refractivity contribution is 0.115. The van der Waals surface area contributed by atoms with E-state index in [1.165, 1.54) is 5.56 Å². The molecule has 6 nitrogen and oxygen atoms in total. The summed E-state index contributed by atoms with van der Waals surface area (Å²) < 4.78 is 9.20. The van der Waals surface area contributed by atoms with E-state index in [1.807, 2.05) is 18.2 Å². The van der Waals surface area contributed by atoms with E-state index in [1.54, 1.807) is 27.7 Å². The lowest BCUT2D eigenvalue weighted by Crippen LogP contribution is -2.09. The van der Waals surface area contributed by atoms with Crippen LogP contribution in [0.2, 0.25) is 0 Å². The third kappa shape index (κ3) is 12.5. The number of aryl methyl sites for hydroxylation is 1. The number of hydrogen-bond acceptors (Lipinski definition) is 4. The Morgan fingerprint density at radius 1 is 0.857 bits per heavy atom. The molecule has 0 unspecified atom stereocenters. The van der Waals surface area contributed by atoms with Gasteiger partial charge in [-0.05, 0) is 34.6 Å². The SMILES string of the molecule is CC(C)OC(=O)/N=N/C(=O)OC(C)C.Cc1ccccc1. The maximum absolute atomic E-state index is 10.8. The van der Waals surface area contributed by atoms with Gasteiger partial charge in [0.2, 0.25) is 0 Å². The van der Waals surface area contributed by atoms with Gasteiger partial charge in [-0.1, -0.05) is 46.1 Å². The second-order valence-electron chi connectivity index (χ2n) is 4.72. The van der Waals surface area contributed by atoms with E-state index < -0.39 is 12.2 Å². The molecular formula is C15H22N2O4. The van der Waals surface area contributed by atoms with Crippen LogP contribution in [0.3, 0.4) is 0 Å². The van der Waals surface area contributed by atoms with Crippen LogP contribution in [0, 0.1) is 6.92 Å². The minimum atomic E-state index is -0.902. The summed E-state index contributed by atoms with van der Waals surface area (Å²) in [4.78, 5) is 21.5. The fourth-order valence-electron chi connectivity index (χ4n) is 1.07. The van der Waals surface area contributed by atoms with Crippen LogP contribution in [0.25, 0.3) is 0 Å². The lowest BCUT2D eigenvalue weighted by Gasteiger charge is -2.03. The Kier molecular flexibility index (Phi) is 9.41. The van der Waals surface area contributed by atoms with Gasteiger partial charge in [0.15, 0.2) is 0 Å². The topological polar surface area (TPSA) is 77.3 Å². The second kappa shape index (κ2) is 10.5. The minimum absolute atomic E-state index is 0.289. The van der Waals surface area contributed by atoms with Crippen LogP contribution in [-0.4, -0.2) is 24.4 Å². The Balaban J connectivity index is 0.000000471. The molecule has 0 bridgehead atoms. The maximum Gasteiger partial charge on any atom is 0.452 e. The average Bonchev–Trinajstić information content (AvgIpc) is 2.36. The molecule has 0 N–H and O–H groups in total. The Hall–Kier alpha value is -2.24. The summed E-state index contributed by atoms with van der Waals surface area (Å²) in [6, 6.07) is 10.3. The summed E-state index contributed by atoms with van der Waals surface area (Å²) in [7, 11) is 0. The molecule has 0 aliphatic rings. The molecule has 2 amide bonds. The molecule has 0 saturated heterocycles. The summed E-state index contributed by atoms with van der Waals surface area (Å²) in [6.07, 6.45) is -2.38. The number of rotatable bonds is 2. The molecule has 0 radical (unpaired) electrons. The molecular weight excluding hydrogens is 272 g/mol. The number of amides is 2. The van der Waals surface area contributed by atoms with Crippen molar-refractivity contribution in [1.82, 2.24) is 0 Å². The van der Waals surface area contributed by atoms with Crippen molar-refractivity contribution in [1.29, 1.82) is 0 Å². The lowest BCUT2D eigenvalue weighted by atomic mass is 10.2. The zero-order valence-electron chi connectivity index (χ0n) is 13.1. The zero-order chi connectivity index (χ0) is 16.3. The van der Waals surface area contributed by atoms with E-state index in [-0.39, 0.29) is 12.2 Å². The van der Waals surface area contributed by atoms with Crippen molar-refractivity contribution >= 4 is 12.2 Å². The first-order chi connectivity index (χ1) is 9.81. The number of ether oxygens (including phenoxy) is 2. The van der Waals surface area contributed by atoms with Crippen molar-refractivity contribution in [3.05, 3.63) is 35.9 Å². The normalized spacial score (nSPS) is 10.2. The molecule has 0 atom stereocenters. The molecule has 0 aliphatic carbocycles. The highest BCUT2D eigenvalue weighted by Gasteiger charge is 2.06. The fraction of sp³-hybridized carbons (Fsp3) is 0.467. The number of benzene rings is 1. The smallest absolute Gasteiger partial charge is 0.444 e. The molecule has 1 aromatic carbocycles. The highest BCUT2D eigenvalue weighted by atomic mass is 16.6. The van der Waals surface area contributed by atoms with E-state index in [0.717, 1.165) is 0 Å². The summed E-state index contributed by atoms with van der Waals surface area (Å²) in [5.41, 5.74) is 1.32. The Morgan fingerprint density at radius 2 is 1.24 bits per heavy atom. The van der Waals surface area contributed by atoms with E-state index in [4.69, 9.17) is 0 Å². The van der Waals surface area contributed by atoms with Gasteiger partial charge >= 0.3 is 12.2 Å². The molecule has 6 heteroatoms. The van der Waals surface area contributed by atoms with Crippen molar-refractivity contribution in [2.24, 2.45) is 10.2 Å². The largest absolute Gasteiger partial charge is 0.452 e. The highest BCUT2D eigenvalue weighted by molar-refractivity contribution is 5.73. The van der Waals surface area contributed by atoms with Crippen molar-refractivity contribution < 1.29 is 19.1 Å². The third-order valence-electron chi connectivity index (χ3n) is 1.83. The molecule has 116 valence electrons. The number of hydrogen-bond donors (Lipinski definition) is 0. The van der Waals surface area contributed by atoms with Crippen LogP contribution in [0.15, 0.2) is 40.6 Å². The van der Waals surface area contributed by atoms with Gasteiger partial charge in [0.1, 0.15) is 0 Å². The number of nitrogens with zero attached hydrogens (tertiary/aromatic N) is 2. The van der Waals surface area contributed by atoms with Crippen LogP contribution in [0.4, 0.5) is 9.59 Å². The summed E-state index contributed by atoms with van der Waals surface area (Å²) in [5, 5.41) is 6.01. The predicted molar refractivity (Wildman–Crippen MR) is 79.3 cm³/mol. The summed E-state index contributed by atoms with van der Waals surface area (Å²) >= 11 is 0. The average molecular weight is 294 g/mol. The van der Waals surface area contributed by atoms with Gasteiger partial charge in [0.05, 0.1) is 12.2 Å². The third-order valence-corrected chi connectivity index (χ3v) is 1.83. The van der Waals surface area contributed by atoms with Crippen LogP contribution in [0.1, 0.15) is 33.3 Å². The van der Waals surface area contributed by atoms with Gasteiger partial charge in [-0.2, -0.15) is 0 Å². The molecule has 0 aromatic heterocycles. The van der Waals surface area contributed by atoms with Gasteiger partial charge in [0.25, 0.3) is 0 Å².